The molecule has 3 rings (SSSR count). The molecule has 0 aliphatic carbocycles. The third kappa shape index (κ3) is 2.84. The lowest BCUT2D eigenvalue weighted by Crippen LogP contribution is -2.34. The van der Waals surface area contributed by atoms with Crippen molar-refractivity contribution in [3.63, 3.8) is 0 Å². The molecule has 22 heavy (non-hydrogen) atoms. The summed E-state index contributed by atoms with van der Waals surface area (Å²) in [4.78, 5) is 37.3. The molecule has 1 aromatic carbocycles. The molecule has 1 fully saturated rings. The minimum Gasteiger partial charge on any atom is -0.336 e. The number of hydrogen-bond donors (Lipinski definition) is 2. The third-order valence-corrected chi connectivity index (χ3v) is 4.11. The lowest BCUT2D eigenvalue weighted by atomic mass is 10.2. The normalized spacial score (nSPS) is 13.8. The van der Waals surface area contributed by atoms with Gasteiger partial charge < -0.3 is 10.6 Å². The van der Waals surface area contributed by atoms with Crippen LogP contribution in [0.4, 0.5) is 10.5 Å². The smallest absolute Gasteiger partial charge is 0.324 e. The Labute approximate surface area is 130 Å². The highest BCUT2D eigenvalue weighted by Crippen LogP contribution is 2.15. The zero-order valence-electron chi connectivity index (χ0n) is 11.5. The van der Waals surface area contributed by atoms with E-state index in [0.717, 1.165) is 0 Å². The van der Waals surface area contributed by atoms with E-state index in [1.807, 2.05) is 11.4 Å². The zero-order chi connectivity index (χ0) is 15.5. The summed E-state index contributed by atoms with van der Waals surface area (Å²) < 4.78 is 0. The second kappa shape index (κ2) is 5.98. The average Bonchev–Trinajstić information content (AvgIpc) is 3.18. The van der Waals surface area contributed by atoms with E-state index in [2.05, 4.69) is 10.6 Å². The van der Waals surface area contributed by atoms with Crippen LogP contribution in [0, 0.1) is 0 Å². The van der Waals surface area contributed by atoms with Gasteiger partial charge in [-0.25, -0.2) is 4.79 Å². The monoisotopic (exact) mass is 315 g/mol. The van der Waals surface area contributed by atoms with E-state index in [1.54, 1.807) is 30.3 Å². The average molecular weight is 315 g/mol. The van der Waals surface area contributed by atoms with Crippen molar-refractivity contribution in [1.82, 2.24) is 10.2 Å². The number of benzene rings is 1. The molecule has 0 spiro atoms. The van der Waals surface area contributed by atoms with Gasteiger partial charge in [0.15, 0.2) is 0 Å². The van der Waals surface area contributed by atoms with E-state index in [9.17, 15) is 14.4 Å². The van der Waals surface area contributed by atoms with Crippen molar-refractivity contribution in [2.75, 3.05) is 18.4 Å². The van der Waals surface area contributed by atoms with Crippen LogP contribution < -0.4 is 10.6 Å². The highest BCUT2D eigenvalue weighted by molar-refractivity contribution is 7.12. The maximum absolute atomic E-state index is 12.2. The molecule has 1 aliphatic heterocycles. The standard InChI is InChI=1S/C15H13N3O3S/c19-13(12-2-1-9-22-12)17-11-5-3-10(4-6-11)14(20)18-8-7-16-15(18)21/h1-6,9H,7-8H2,(H,16,21)(H,17,19). The Balaban J connectivity index is 1.69. The lowest BCUT2D eigenvalue weighted by Gasteiger charge is -2.12. The Bertz CT molecular complexity index is 710. The summed E-state index contributed by atoms with van der Waals surface area (Å²) in [7, 11) is 0. The van der Waals surface area contributed by atoms with Crippen LogP contribution in [0.15, 0.2) is 41.8 Å². The van der Waals surface area contributed by atoms with Crippen LogP contribution in [0.1, 0.15) is 20.0 Å². The van der Waals surface area contributed by atoms with Crippen molar-refractivity contribution in [2.45, 2.75) is 0 Å². The summed E-state index contributed by atoms with van der Waals surface area (Å²) >= 11 is 1.36. The number of imide groups is 1. The maximum Gasteiger partial charge on any atom is 0.324 e. The van der Waals surface area contributed by atoms with E-state index in [0.29, 0.717) is 29.2 Å². The van der Waals surface area contributed by atoms with Crippen LogP contribution in [0.5, 0.6) is 0 Å². The van der Waals surface area contributed by atoms with E-state index in [4.69, 9.17) is 0 Å². The van der Waals surface area contributed by atoms with E-state index in [-0.39, 0.29) is 17.8 Å². The summed E-state index contributed by atoms with van der Waals surface area (Å²) in [6.45, 7) is 0.841. The van der Waals surface area contributed by atoms with Crippen molar-refractivity contribution in [3.05, 3.63) is 52.2 Å². The Morgan fingerprint density at radius 1 is 1.18 bits per heavy atom. The van der Waals surface area contributed by atoms with Gasteiger partial charge in [-0.1, -0.05) is 6.07 Å². The Kier molecular flexibility index (Phi) is 3.88. The van der Waals surface area contributed by atoms with Gasteiger partial charge in [0.1, 0.15) is 0 Å². The van der Waals surface area contributed by atoms with E-state index < -0.39 is 0 Å². The minimum atomic E-state index is -0.375. The van der Waals surface area contributed by atoms with Gasteiger partial charge in [-0.15, -0.1) is 11.3 Å². The Hall–Kier alpha value is -2.67. The Morgan fingerprint density at radius 2 is 1.95 bits per heavy atom. The first-order valence-corrected chi connectivity index (χ1v) is 7.58. The number of thiophene rings is 1. The molecule has 1 aromatic heterocycles. The van der Waals surface area contributed by atoms with E-state index >= 15 is 0 Å². The van der Waals surface area contributed by atoms with Crippen LogP contribution in [0.2, 0.25) is 0 Å². The maximum atomic E-state index is 12.2. The van der Waals surface area contributed by atoms with Gasteiger partial charge in [-0.3, -0.25) is 14.5 Å². The van der Waals surface area contributed by atoms with Gasteiger partial charge in [0, 0.05) is 24.3 Å². The molecule has 7 heteroatoms. The second-order valence-corrected chi connectivity index (χ2v) is 5.65. The number of anilines is 1. The van der Waals surface area contributed by atoms with Crippen LogP contribution in [-0.4, -0.2) is 35.8 Å². The highest BCUT2D eigenvalue weighted by atomic mass is 32.1. The molecule has 0 bridgehead atoms. The molecule has 112 valence electrons. The fourth-order valence-electron chi connectivity index (χ4n) is 2.12. The van der Waals surface area contributed by atoms with Crippen molar-refractivity contribution >= 4 is 34.9 Å². The molecule has 6 nitrogen and oxygen atoms in total. The number of nitrogens with zero attached hydrogens (tertiary/aromatic N) is 1. The molecular formula is C15H13N3O3S. The fraction of sp³-hybridized carbons (Fsp3) is 0.133. The van der Waals surface area contributed by atoms with Gasteiger partial charge in [-0.05, 0) is 35.7 Å². The molecule has 2 N–H and O–H groups in total. The zero-order valence-corrected chi connectivity index (χ0v) is 12.4. The second-order valence-electron chi connectivity index (χ2n) is 4.70. The predicted molar refractivity (Wildman–Crippen MR) is 83.1 cm³/mol. The van der Waals surface area contributed by atoms with Gasteiger partial charge in [0.25, 0.3) is 11.8 Å². The van der Waals surface area contributed by atoms with Gasteiger partial charge in [0.2, 0.25) is 0 Å². The number of carbonyl (C=O) groups excluding carboxylic acids is 3. The van der Waals surface area contributed by atoms with Gasteiger partial charge in [-0.2, -0.15) is 0 Å². The molecule has 0 saturated carbocycles. The van der Waals surface area contributed by atoms with Gasteiger partial charge >= 0.3 is 6.03 Å². The molecule has 4 amide bonds. The molecular weight excluding hydrogens is 302 g/mol. The summed E-state index contributed by atoms with van der Waals surface area (Å²) in [5.74, 6) is -0.529. The number of nitrogens with one attached hydrogen (secondary N) is 2. The molecule has 0 unspecified atom stereocenters. The van der Waals surface area contributed by atoms with Gasteiger partial charge in [0.05, 0.1) is 4.88 Å². The van der Waals surface area contributed by atoms with Crippen LogP contribution in [0.25, 0.3) is 0 Å². The Morgan fingerprint density at radius 3 is 2.55 bits per heavy atom. The summed E-state index contributed by atoms with van der Waals surface area (Å²) in [6, 6.07) is 9.65. The summed E-state index contributed by atoms with van der Waals surface area (Å²) in [5.41, 5.74) is 1.01. The largest absolute Gasteiger partial charge is 0.336 e. The fourth-order valence-corrected chi connectivity index (χ4v) is 2.74. The van der Waals surface area contributed by atoms with Crippen LogP contribution >= 0.6 is 11.3 Å². The van der Waals surface area contributed by atoms with Crippen molar-refractivity contribution < 1.29 is 14.4 Å². The van der Waals surface area contributed by atoms with E-state index in [1.165, 1.54) is 16.2 Å². The first-order chi connectivity index (χ1) is 10.6. The minimum absolute atomic E-state index is 0.187. The third-order valence-electron chi connectivity index (χ3n) is 3.24. The van der Waals surface area contributed by atoms with Crippen molar-refractivity contribution in [1.29, 1.82) is 0 Å². The first kappa shape index (κ1) is 14.3. The molecule has 1 saturated heterocycles. The highest BCUT2D eigenvalue weighted by Gasteiger charge is 2.26. The number of rotatable bonds is 3. The predicted octanol–water partition coefficient (Wildman–Crippen LogP) is 2.17. The first-order valence-electron chi connectivity index (χ1n) is 6.70. The number of carbonyl (C=O) groups is 3. The molecule has 0 radical (unpaired) electrons. The van der Waals surface area contributed by atoms with Crippen LogP contribution in [-0.2, 0) is 0 Å². The van der Waals surface area contributed by atoms with Crippen LogP contribution in [0.3, 0.4) is 0 Å². The van der Waals surface area contributed by atoms with Crippen molar-refractivity contribution in [3.8, 4) is 0 Å². The molecule has 0 atom stereocenters. The summed E-state index contributed by atoms with van der Waals surface area (Å²) in [6.07, 6.45) is 0. The summed E-state index contributed by atoms with van der Waals surface area (Å²) in [5, 5.41) is 7.17. The molecule has 2 aromatic rings. The molecule has 1 aliphatic rings. The number of urea groups is 1. The number of hydrogen-bond acceptors (Lipinski definition) is 4. The quantitative estimate of drug-likeness (QED) is 0.911. The lowest BCUT2D eigenvalue weighted by molar-refractivity contribution is 0.0829. The topological polar surface area (TPSA) is 78.5 Å². The molecule has 2 heterocycles. The SMILES string of the molecule is O=C(Nc1ccc(C(=O)N2CCNC2=O)cc1)c1cccs1. The van der Waals surface area contributed by atoms with Crippen molar-refractivity contribution in [2.24, 2.45) is 0 Å². The number of amides is 4.